The van der Waals surface area contributed by atoms with Gasteiger partial charge in [-0.25, -0.2) is 0 Å². The molecule has 0 aliphatic heterocycles. The summed E-state index contributed by atoms with van der Waals surface area (Å²) in [5.74, 6) is -0.0867. The zero-order valence-electron chi connectivity index (χ0n) is 53.8. The number of phenols is 1. The first kappa shape index (κ1) is 66.0. The van der Waals surface area contributed by atoms with E-state index in [0.717, 1.165) is 43.4 Å². The average molecular weight is 1440 g/mol. The van der Waals surface area contributed by atoms with Gasteiger partial charge in [-0.15, -0.1) is 3.63 Å². The molecule has 102 heavy (non-hydrogen) atoms. The molecule has 0 saturated heterocycles. The Kier molecular flexibility index (Phi) is 14.5. The van der Waals surface area contributed by atoms with E-state index in [2.05, 4.69) is 208 Å². The second-order valence-electron chi connectivity index (χ2n) is 26.6. The number of halogens is 9. The molecular weight excluding hydrogens is 1380 g/mol. The molecule has 9 nitrogen and oxygen atoms in total. The maximum atomic E-state index is 13.1. The number of phenolic OH excluding ortho intramolecular Hbond substituents is 1. The number of alkyl halides is 9. The fourth-order valence-corrected chi connectivity index (χ4v) is 17.6. The summed E-state index contributed by atoms with van der Waals surface area (Å²) in [5.41, 5.74) is -8.40. The number of rotatable bonds is 4. The van der Waals surface area contributed by atoms with Gasteiger partial charge >= 0.3 is 46.9 Å². The van der Waals surface area contributed by atoms with Crippen molar-refractivity contribution in [3.8, 4) is 33.8 Å². The maximum Gasteiger partial charge on any atom is 0.534 e. The van der Waals surface area contributed by atoms with Crippen LogP contribution in [-0.2, 0) is 44.8 Å². The molecule has 0 radical (unpaired) electrons. The van der Waals surface area contributed by atoms with Crippen LogP contribution < -0.4 is 4.18 Å². The molecule has 0 aromatic heterocycles. The summed E-state index contributed by atoms with van der Waals surface area (Å²) in [7, 11) is -19.5. The monoisotopic (exact) mass is 1430 g/mol. The minimum atomic E-state index is -6.85. The molecule has 18 rings (SSSR count). The van der Waals surface area contributed by atoms with Crippen LogP contribution in [0.25, 0.3) is 152 Å². The normalized spacial score (nSPS) is 14.4. The van der Waals surface area contributed by atoms with Crippen LogP contribution in [0.1, 0.15) is 49.9 Å². The van der Waals surface area contributed by atoms with E-state index in [-0.39, 0.29) is 16.6 Å². The summed E-state index contributed by atoms with van der Waals surface area (Å²) < 4.78 is 178. The first-order valence-electron chi connectivity index (χ1n) is 31.8. The number of hydrogen-bond acceptors (Lipinski definition) is 9. The Morgan fingerprint density at radius 2 is 0.471 bits per heavy atom. The first-order valence-corrected chi connectivity index (χ1v) is 36.0. The number of aromatic hydroxyl groups is 1. The van der Waals surface area contributed by atoms with Crippen molar-refractivity contribution in [2.75, 3.05) is 0 Å². The minimum absolute atomic E-state index is 0.144. The Morgan fingerprint density at radius 1 is 0.265 bits per heavy atom. The van der Waals surface area contributed by atoms with Crippen LogP contribution in [0.2, 0.25) is 0 Å². The van der Waals surface area contributed by atoms with Gasteiger partial charge in [0.1, 0.15) is 11.5 Å². The predicted octanol–water partition coefficient (Wildman–Crippen LogP) is 22.5. The highest BCUT2D eigenvalue weighted by Gasteiger charge is 2.57. The highest BCUT2D eigenvalue weighted by Crippen LogP contribution is 2.56. The molecule has 0 saturated carbocycles. The Bertz CT molecular complexity index is 6750. The third-order valence-electron chi connectivity index (χ3n) is 20.2. The van der Waals surface area contributed by atoms with Gasteiger partial charge in [0.25, 0.3) is 0 Å². The fourth-order valence-electron chi connectivity index (χ4n) is 15.5. The predicted molar refractivity (Wildman–Crippen MR) is 386 cm³/mol. The molecule has 0 bridgehead atoms. The van der Waals surface area contributed by atoms with Gasteiger partial charge in [-0.3, -0.25) is 0 Å². The van der Waals surface area contributed by atoms with E-state index in [4.69, 9.17) is 0 Å². The van der Waals surface area contributed by atoms with Gasteiger partial charge in [0.15, 0.2) is 0 Å². The van der Waals surface area contributed by atoms with Crippen molar-refractivity contribution in [1.82, 2.24) is 0 Å². The Balaban J connectivity index is 0.000000133. The maximum absolute atomic E-state index is 13.1. The lowest BCUT2D eigenvalue weighted by Crippen LogP contribution is -2.34. The van der Waals surface area contributed by atoms with Crippen LogP contribution in [-0.4, -0.2) is 46.9 Å². The van der Waals surface area contributed by atoms with Gasteiger partial charge in [-0.05, 0) is 253 Å². The second kappa shape index (κ2) is 22.5. The standard InChI is InChI=1S/C40H25F3O3S.C39H26O.C2F6O5S2/c1-39(2)37-20-33-26-12-6-4-10-24(26)23-9-3-5-11-25(23)31(33)18-35(37)36-19-32-28-14-8-7-13-27(28)30-17-22(46-47(44,45)40(41,42)43)15-16-29(30)34(32)21-38(36)39;1-39(2)37-20-33-26-12-6-4-10-24(26)23-9-3-5-11-25(23)31(33)18-35(37)36-19-32-28-14-8-7-13-27(28)30-17-22(40)15-16-29(30)34(32)21-38(36)39;3-1(4,5)14(9,10)13-15(11,12)2(6,7)8/h3-21H,1-2H3;3-21,40H,1-2H3;. The molecule has 0 fully saturated rings. The van der Waals surface area contributed by atoms with Crippen molar-refractivity contribution in [1.29, 1.82) is 0 Å². The van der Waals surface area contributed by atoms with E-state index >= 15 is 0 Å². The Morgan fingerprint density at radius 3 is 0.725 bits per heavy atom. The van der Waals surface area contributed by atoms with Crippen molar-refractivity contribution in [3.05, 3.63) is 253 Å². The van der Waals surface area contributed by atoms with Gasteiger partial charge in [0, 0.05) is 10.8 Å². The van der Waals surface area contributed by atoms with Crippen molar-refractivity contribution >= 4 is 160 Å². The molecule has 16 aromatic rings. The van der Waals surface area contributed by atoms with E-state index in [9.17, 15) is 69.9 Å². The summed E-state index contributed by atoms with van der Waals surface area (Å²) in [4.78, 5) is 0. The van der Waals surface area contributed by atoms with Crippen LogP contribution in [0, 0.1) is 0 Å². The lowest BCUT2D eigenvalue weighted by Gasteiger charge is -2.23. The third kappa shape index (κ3) is 10.1. The van der Waals surface area contributed by atoms with Gasteiger partial charge in [-0.1, -0.05) is 179 Å². The molecule has 2 aliphatic rings. The van der Waals surface area contributed by atoms with Crippen molar-refractivity contribution < 1.29 is 77.7 Å². The largest absolute Gasteiger partial charge is 0.534 e. The van der Waals surface area contributed by atoms with Crippen LogP contribution in [0.15, 0.2) is 231 Å². The summed E-state index contributed by atoms with van der Waals surface area (Å²) >= 11 is 0. The van der Waals surface area contributed by atoms with Gasteiger partial charge in [-0.2, -0.15) is 64.8 Å². The van der Waals surface area contributed by atoms with Crippen molar-refractivity contribution in [3.63, 3.8) is 0 Å². The van der Waals surface area contributed by atoms with Crippen molar-refractivity contribution in [2.24, 2.45) is 0 Å². The summed E-state index contributed by atoms with van der Waals surface area (Å²) in [6.45, 7) is 9.20. The molecule has 1 N–H and O–H groups in total. The average Bonchev–Trinajstić information content (AvgIpc) is 1.52. The first-order chi connectivity index (χ1) is 48.1. The highest BCUT2D eigenvalue weighted by molar-refractivity contribution is 8.00. The second-order valence-corrected chi connectivity index (χ2v) is 31.4. The van der Waals surface area contributed by atoms with Crippen molar-refractivity contribution in [2.45, 2.75) is 55.0 Å². The Labute approximate surface area is 575 Å². The topological polar surface area (TPSA) is 141 Å². The zero-order valence-corrected chi connectivity index (χ0v) is 56.2. The number of fused-ring (bicyclic) bond motifs is 30. The van der Waals surface area contributed by atoms with Gasteiger partial charge in [0.2, 0.25) is 0 Å². The van der Waals surface area contributed by atoms with Crippen LogP contribution in [0.4, 0.5) is 39.5 Å². The quantitative estimate of drug-likeness (QED) is 0.0789. The molecule has 0 heterocycles. The summed E-state index contributed by atoms with van der Waals surface area (Å²) in [6.07, 6.45) is 0. The highest BCUT2D eigenvalue weighted by atomic mass is 32.3. The smallest absolute Gasteiger partial charge is 0.508 e. The van der Waals surface area contributed by atoms with E-state index < -0.39 is 46.9 Å². The van der Waals surface area contributed by atoms with Gasteiger partial charge in [0.05, 0.1) is 0 Å². The van der Waals surface area contributed by atoms with Crippen LogP contribution >= 0.6 is 0 Å². The zero-order chi connectivity index (χ0) is 71.9. The lowest BCUT2D eigenvalue weighted by molar-refractivity contribution is -0.0586. The van der Waals surface area contributed by atoms with Crippen LogP contribution in [0.3, 0.4) is 0 Å². The molecule has 0 unspecified atom stereocenters. The molecule has 2 aliphatic carbocycles. The third-order valence-corrected chi connectivity index (χ3v) is 23.7. The number of benzene rings is 16. The molecule has 0 atom stereocenters. The van der Waals surface area contributed by atoms with E-state index in [1.807, 2.05) is 40.0 Å². The fraction of sp³-hybridized carbons (Fsp3) is 0.111. The van der Waals surface area contributed by atoms with Crippen LogP contribution in [0.5, 0.6) is 11.5 Å². The molecular formula is C81H51F9O9S3. The molecule has 0 spiro atoms. The van der Waals surface area contributed by atoms with E-state index in [1.54, 1.807) is 6.07 Å². The molecule has 510 valence electrons. The molecule has 21 heteroatoms. The van der Waals surface area contributed by atoms with E-state index in [0.29, 0.717) is 11.1 Å². The summed E-state index contributed by atoms with van der Waals surface area (Å²) in [5, 5.41) is 37.8. The van der Waals surface area contributed by atoms with Gasteiger partial charge < -0.3 is 9.29 Å². The minimum Gasteiger partial charge on any atom is -0.508 e. The SMILES string of the molecule is CC1(C)c2cc3c4ccccc4c4ccccc4c3cc2-c2cc3c4ccccc4c4cc(O)ccc4c3cc21.CC1(C)c2cc3c4ccccc4c4ccccc4c3cc2-c2cc3c4ccccc4c4cc(OS(=O)(=O)C(F)(F)F)ccc4c3cc21.O=S(=O)(OS(=O)(=O)C(F)(F)F)C(F)(F)F. The molecule has 0 amide bonds. The molecule has 16 aromatic carbocycles. The number of hydrogen-bond donors (Lipinski definition) is 1. The Hall–Kier alpha value is -10.6. The lowest BCUT2D eigenvalue weighted by atomic mass is 9.80. The van der Waals surface area contributed by atoms with E-state index in [1.165, 1.54) is 137 Å². The summed E-state index contributed by atoms with van der Waals surface area (Å²) in [6, 6.07) is 80.1.